The van der Waals surface area contributed by atoms with Crippen LogP contribution in [0.4, 0.5) is 0 Å². The standard InChI is InChI=1S/C5H12N2O.2ClH/c6-8-4-5-2-1-3-7-5;;/h5,7H,1-4,6H2;2*1H/t5-;;/m0../s1. The van der Waals surface area contributed by atoms with E-state index in [1.54, 1.807) is 0 Å². The molecule has 3 nitrogen and oxygen atoms in total. The molecular weight excluding hydrogens is 175 g/mol. The first-order chi connectivity index (χ1) is 3.93. The van der Waals surface area contributed by atoms with E-state index in [-0.39, 0.29) is 24.8 Å². The van der Waals surface area contributed by atoms with Crippen LogP contribution in [0.3, 0.4) is 0 Å². The maximum Gasteiger partial charge on any atom is 0.0832 e. The lowest BCUT2D eigenvalue weighted by atomic mass is 10.2. The number of hydrogen-bond donors (Lipinski definition) is 2. The van der Waals surface area contributed by atoms with Crippen LogP contribution in [0.15, 0.2) is 0 Å². The first-order valence-electron chi connectivity index (χ1n) is 2.98. The van der Waals surface area contributed by atoms with Crippen LogP contribution in [0.25, 0.3) is 0 Å². The van der Waals surface area contributed by atoms with Crippen molar-refractivity contribution in [2.75, 3.05) is 13.2 Å². The summed E-state index contributed by atoms with van der Waals surface area (Å²) >= 11 is 0. The largest absolute Gasteiger partial charge is 0.312 e. The molecule has 1 rings (SSSR count). The van der Waals surface area contributed by atoms with Crippen LogP contribution >= 0.6 is 24.8 Å². The van der Waals surface area contributed by atoms with Crippen LogP contribution in [0.5, 0.6) is 0 Å². The average Bonchev–Trinajstić information content (AvgIpc) is 2.19. The third kappa shape index (κ3) is 4.30. The van der Waals surface area contributed by atoms with Gasteiger partial charge in [-0.05, 0) is 19.4 Å². The van der Waals surface area contributed by atoms with E-state index in [0.29, 0.717) is 12.6 Å². The maximum absolute atomic E-state index is 4.87. The Morgan fingerprint density at radius 1 is 1.50 bits per heavy atom. The van der Waals surface area contributed by atoms with Crippen LogP contribution in [-0.2, 0) is 4.84 Å². The quantitative estimate of drug-likeness (QED) is 0.621. The van der Waals surface area contributed by atoms with Crippen LogP contribution < -0.4 is 11.2 Å². The fraction of sp³-hybridized carbons (Fsp3) is 1.00. The zero-order valence-electron chi connectivity index (χ0n) is 5.71. The van der Waals surface area contributed by atoms with Gasteiger partial charge in [-0.1, -0.05) is 0 Å². The van der Waals surface area contributed by atoms with Gasteiger partial charge in [0.15, 0.2) is 0 Å². The monoisotopic (exact) mass is 188 g/mol. The Bertz CT molecular complexity index is 68.7. The second kappa shape index (κ2) is 7.57. The van der Waals surface area contributed by atoms with Crippen molar-refractivity contribution in [1.29, 1.82) is 0 Å². The molecule has 0 aromatic heterocycles. The Balaban J connectivity index is 0. The molecule has 0 saturated carbocycles. The topological polar surface area (TPSA) is 47.3 Å². The molecule has 64 valence electrons. The molecule has 0 amide bonds. The van der Waals surface area contributed by atoms with Gasteiger partial charge in [-0.25, -0.2) is 5.90 Å². The summed E-state index contributed by atoms with van der Waals surface area (Å²) in [6, 6.07) is 0.514. The van der Waals surface area contributed by atoms with Crippen molar-refractivity contribution in [3.63, 3.8) is 0 Å². The van der Waals surface area contributed by atoms with E-state index in [1.807, 2.05) is 0 Å². The number of rotatable bonds is 2. The lowest BCUT2D eigenvalue weighted by molar-refractivity contribution is 0.119. The van der Waals surface area contributed by atoms with Gasteiger partial charge in [-0.15, -0.1) is 24.8 Å². The summed E-state index contributed by atoms with van der Waals surface area (Å²) in [4.78, 5) is 4.46. The molecule has 1 heterocycles. The van der Waals surface area contributed by atoms with Gasteiger partial charge in [0, 0.05) is 6.04 Å². The molecule has 1 aliphatic heterocycles. The van der Waals surface area contributed by atoms with Gasteiger partial charge < -0.3 is 10.2 Å². The Kier molecular flexibility index (Phi) is 9.90. The van der Waals surface area contributed by atoms with Gasteiger partial charge in [-0.2, -0.15) is 0 Å². The van der Waals surface area contributed by atoms with E-state index < -0.39 is 0 Å². The third-order valence-corrected chi connectivity index (χ3v) is 1.46. The van der Waals surface area contributed by atoms with E-state index in [4.69, 9.17) is 5.90 Å². The molecular formula is C5H14Cl2N2O. The highest BCUT2D eigenvalue weighted by molar-refractivity contribution is 5.85. The maximum atomic E-state index is 4.87. The van der Waals surface area contributed by atoms with E-state index >= 15 is 0 Å². The van der Waals surface area contributed by atoms with Crippen LogP contribution in [0, 0.1) is 0 Å². The molecule has 0 bridgehead atoms. The number of nitrogens with one attached hydrogen (secondary N) is 1. The van der Waals surface area contributed by atoms with Crippen molar-refractivity contribution in [3.05, 3.63) is 0 Å². The summed E-state index contributed by atoms with van der Waals surface area (Å²) in [5, 5.41) is 3.25. The minimum absolute atomic E-state index is 0. The SMILES string of the molecule is Cl.Cl.NOC[C@@H]1CCCN1. The highest BCUT2D eigenvalue weighted by Gasteiger charge is 2.12. The van der Waals surface area contributed by atoms with E-state index in [9.17, 15) is 0 Å². The molecule has 0 radical (unpaired) electrons. The molecule has 1 aliphatic rings. The predicted octanol–water partition coefficient (Wildman–Crippen LogP) is 0.472. The first-order valence-corrected chi connectivity index (χ1v) is 2.98. The Labute approximate surface area is 73.5 Å². The fourth-order valence-electron chi connectivity index (χ4n) is 1.02. The minimum Gasteiger partial charge on any atom is -0.312 e. The molecule has 1 saturated heterocycles. The average molecular weight is 189 g/mol. The molecule has 3 N–H and O–H groups in total. The third-order valence-electron chi connectivity index (χ3n) is 1.46. The fourth-order valence-corrected chi connectivity index (χ4v) is 1.02. The lowest BCUT2D eigenvalue weighted by Crippen LogP contribution is -2.27. The highest BCUT2D eigenvalue weighted by Crippen LogP contribution is 2.03. The van der Waals surface area contributed by atoms with Gasteiger partial charge in [0.25, 0.3) is 0 Å². The lowest BCUT2D eigenvalue weighted by Gasteiger charge is -2.05. The van der Waals surface area contributed by atoms with Gasteiger partial charge in [0.05, 0.1) is 6.61 Å². The number of hydrogen-bond acceptors (Lipinski definition) is 3. The summed E-state index contributed by atoms with van der Waals surface area (Å²) < 4.78 is 0. The Hall–Kier alpha value is 0.460. The van der Waals surface area contributed by atoms with E-state index in [2.05, 4.69) is 10.2 Å². The van der Waals surface area contributed by atoms with Gasteiger partial charge in [0.1, 0.15) is 0 Å². The molecule has 0 aliphatic carbocycles. The Morgan fingerprint density at radius 3 is 2.60 bits per heavy atom. The van der Waals surface area contributed by atoms with Crippen molar-refractivity contribution >= 4 is 24.8 Å². The molecule has 1 atom stereocenters. The van der Waals surface area contributed by atoms with Gasteiger partial charge >= 0.3 is 0 Å². The molecule has 0 aromatic carbocycles. The predicted molar refractivity (Wildman–Crippen MR) is 45.7 cm³/mol. The summed E-state index contributed by atoms with van der Waals surface area (Å²) in [7, 11) is 0. The molecule has 1 fully saturated rings. The molecule has 0 spiro atoms. The van der Waals surface area contributed by atoms with Crippen molar-refractivity contribution in [3.8, 4) is 0 Å². The van der Waals surface area contributed by atoms with Crippen molar-refractivity contribution in [2.24, 2.45) is 5.90 Å². The summed E-state index contributed by atoms with van der Waals surface area (Å²) in [6.45, 7) is 1.77. The molecule has 5 heteroatoms. The number of nitrogens with two attached hydrogens (primary N) is 1. The minimum atomic E-state index is 0. The normalized spacial score (nSPS) is 23.1. The van der Waals surface area contributed by atoms with E-state index in [1.165, 1.54) is 12.8 Å². The summed E-state index contributed by atoms with van der Waals surface area (Å²) in [5.74, 6) is 4.87. The van der Waals surface area contributed by atoms with Gasteiger partial charge in [0.2, 0.25) is 0 Å². The molecule has 0 aromatic rings. The summed E-state index contributed by atoms with van der Waals surface area (Å²) in [5.41, 5.74) is 0. The van der Waals surface area contributed by atoms with Gasteiger partial charge in [-0.3, -0.25) is 0 Å². The first kappa shape index (κ1) is 13.1. The van der Waals surface area contributed by atoms with Crippen molar-refractivity contribution < 1.29 is 4.84 Å². The highest BCUT2D eigenvalue weighted by atomic mass is 35.5. The number of halogens is 2. The van der Waals surface area contributed by atoms with Crippen LogP contribution in [-0.4, -0.2) is 19.2 Å². The van der Waals surface area contributed by atoms with E-state index in [0.717, 1.165) is 6.54 Å². The Morgan fingerprint density at radius 2 is 2.20 bits per heavy atom. The second-order valence-electron chi connectivity index (χ2n) is 2.13. The van der Waals surface area contributed by atoms with Crippen molar-refractivity contribution in [1.82, 2.24) is 5.32 Å². The smallest absolute Gasteiger partial charge is 0.0832 e. The zero-order chi connectivity index (χ0) is 5.82. The second-order valence-corrected chi connectivity index (χ2v) is 2.13. The van der Waals surface area contributed by atoms with Crippen LogP contribution in [0.1, 0.15) is 12.8 Å². The van der Waals surface area contributed by atoms with Crippen LogP contribution in [0.2, 0.25) is 0 Å². The molecule has 0 unspecified atom stereocenters. The van der Waals surface area contributed by atoms with Crippen molar-refractivity contribution in [2.45, 2.75) is 18.9 Å². The molecule has 10 heavy (non-hydrogen) atoms. The zero-order valence-corrected chi connectivity index (χ0v) is 7.34. The summed E-state index contributed by atoms with van der Waals surface area (Å²) in [6.07, 6.45) is 2.46.